The average molecular weight is 222 g/mol. The lowest BCUT2D eigenvalue weighted by Gasteiger charge is -2.21. The van der Waals surface area contributed by atoms with E-state index >= 15 is 0 Å². The van der Waals surface area contributed by atoms with Gasteiger partial charge >= 0.3 is 5.97 Å². The van der Waals surface area contributed by atoms with Gasteiger partial charge in [0.15, 0.2) is 0 Å². The number of aromatic nitrogens is 1. The van der Waals surface area contributed by atoms with Crippen LogP contribution in [0.1, 0.15) is 43.7 Å². The zero-order valence-corrected chi connectivity index (χ0v) is 10.2. The highest BCUT2D eigenvalue weighted by atomic mass is 16.4. The number of rotatable bonds is 3. The fourth-order valence-electron chi connectivity index (χ4n) is 1.34. The van der Waals surface area contributed by atoms with Gasteiger partial charge in [0.25, 0.3) is 0 Å². The molecule has 1 rings (SSSR count). The van der Waals surface area contributed by atoms with Crippen LogP contribution in [0.3, 0.4) is 0 Å². The molecule has 0 saturated heterocycles. The third-order valence-corrected chi connectivity index (χ3v) is 1.99. The highest BCUT2D eigenvalue weighted by molar-refractivity contribution is 5.88. The summed E-state index contributed by atoms with van der Waals surface area (Å²) >= 11 is 0. The van der Waals surface area contributed by atoms with E-state index in [4.69, 9.17) is 5.11 Å². The Bertz CT molecular complexity index is 394. The van der Waals surface area contributed by atoms with Crippen LogP contribution in [-0.2, 0) is 6.42 Å². The number of carbonyl (C=O) groups is 1. The fraction of sp³-hybridized carbons (Fsp3) is 0.500. The molecule has 2 N–H and O–H groups in total. The van der Waals surface area contributed by atoms with Crippen LogP contribution in [0.5, 0.6) is 0 Å². The van der Waals surface area contributed by atoms with Gasteiger partial charge in [0.05, 0.1) is 5.56 Å². The first-order chi connectivity index (χ1) is 7.31. The van der Waals surface area contributed by atoms with Crippen LogP contribution in [0.15, 0.2) is 12.1 Å². The third-order valence-electron chi connectivity index (χ3n) is 1.99. The van der Waals surface area contributed by atoms with E-state index < -0.39 is 5.97 Å². The SMILES string of the molecule is CCc1cc(C(=O)O)cc(NC(C)(C)C)n1. The van der Waals surface area contributed by atoms with Crippen molar-refractivity contribution in [2.24, 2.45) is 0 Å². The Morgan fingerprint density at radius 3 is 2.50 bits per heavy atom. The number of carboxylic acid groups (broad SMARTS) is 1. The Hall–Kier alpha value is -1.58. The maximum atomic E-state index is 10.9. The highest BCUT2D eigenvalue weighted by Crippen LogP contribution is 2.15. The van der Waals surface area contributed by atoms with Crippen LogP contribution in [0.25, 0.3) is 0 Å². The molecule has 0 unspecified atom stereocenters. The summed E-state index contributed by atoms with van der Waals surface area (Å²) in [5, 5.41) is 12.1. The van der Waals surface area contributed by atoms with Gasteiger partial charge in [-0.15, -0.1) is 0 Å². The predicted octanol–water partition coefficient (Wildman–Crippen LogP) is 2.55. The third kappa shape index (κ3) is 3.53. The highest BCUT2D eigenvalue weighted by Gasteiger charge is 2.13. The molecule has 1 aromatic rings. The molecule has 16 heavy (non-hydrogen) atoms. The first-order valence-electron chi connectivity index (χ1n) is 5.34. The minimum atomic E-state index is -0.922. The summed E-state index contributed by atoms with van der Waals surface area (Å²) in [6.07, 6.45) is 0.722. The zero-order valence-electron chi connectivity index (χ0n) is 10.2. The van der Waals surface area contributed by atoms with E-state index in [1.807, 2.05) is 27.7 Å². The monoisotopic (exact) mass is 222 g/mol. The van der Waals surface area contributed by atoms with Crippen molar-refractivity contribution >= 4 is 11.8 Å². The smallest absolute Gasteiger partial charge is 0.335 e. The maximum absolute atomic E-state index is 10.9. The number of nitrogens with one attached hydrogen (secondary N) is 1. The Morgan fingerprint density at radius 2 is 2.06 bits per heavy atom. The lowest BCUT2D eigenvalue weighted by atomic mass is 10.1. The summed E-state index contributed by atoms with van der Waals surface area (Å²) in [6, 6.07) is 3.17. The van der Waals surface area contributed by atoms with Gasteiger partial charge < -0.3 is 10.4 Å². The molecule has 0 saturated carbocycles. The topological polar surface area (TPSA) is 62.2 Å². The molecular formula is C12H18N2O2. The number of aromatic carboxylic acids is 1. The molecule has 1 aromatic heterocycles. The molecule has 0 aliphatic heterocycles. The molecular weight excluding hydrogens is 204 g/mol. The van der Waals surface area contributed by atoms with Crippen molar-refractivity contribution in [1.82, 2.24) is 4.98 Å². The fourth-order valence-corrected chi connectivity index (χ4v) is 1.34. The Balaban J connectivity index is 3.09. The number of hydrogen-bond donors (Lipinski definition) is 2. The zero-order chi connectivity index (χ0) is 12.3. The van der Waals surface area contributed by atoms with Crippen LogP contribution in [0, 0.1) is 0 Å². The molecule has 0 fully saturated rings. The summed E-state index contributed by atoms with van der Waals surface area (Å²) in [6.45, 7) is 7.98. The van der Waals surface area contributed by atoms with Crippen molar-refractivity contribution in [3.8, 4) is 0 Å². The average Bonchev–Trinajstić information content (AvgIpc) is 2.14. The molecule has 0 bridgehead atoms. The van der Waals surface area contributed by atoms with Crippen molar-refractivity contribution in [2.75, 3.05) is 5.32 Å². The van der Waals surface area contributed by atoms with E-state index in [9.17, 15) is 4.79 Å². The predicted molar refractivity (Wildman–Crippen MR) is 64.0 cm³/mol. The molecule has 0 aliphatic rings. The molecule has 0 amide bonds. The standard InChI is InChI=1S/C12H18N2O2/c1-5-9-6-8(11(15)16)7-10(13-9)14-12(2,3)4/h6-7H,5H2,1-4H3,(H,13,14)(H,15,16). The molecule has 0 atom stereocenters. The van der Waals surface area contributed by atoms with E-state index in [0.29, 0.717) is 5.82 Å². The minimum Gasteiger partial charge on any atom is -0.478 e. The first kappa shape index (κ1) is 12.5. The van der Waals surface area contributed by atoms with Gasteiger partial charge in [0.1, 0.15) is 5.82 Å². The maximum Gasteiger partial charge on any atom is 0.335 e. The quantitative estimate of drug-likeness (QED) is 0.825. The summed E-state index contributed by atoms with van der Waals surface area (Å²) in [4.78, 5) is 15.3. The molecule has 0 aromatic carbocycles. The van der Waals surface area contributed by atoms with Crippen molar-refractivity contribution in [1.29, 1.82) is 0 Å². The second kappa shape index (κ2) is 4.51. The number of aryl methyl sites for hydroxylation is 1. The van der Waals surface area contributed by atoms with Gasteiger partial charge in [-0.25, -0.2) is 9.78 Å². The lowest BCUT2D eigenvalue weighted by Crippen LogP contribution is -2.27. The number of nitrogens with zero attached hydrogens (tertiary/aromatic N) is 1. The van der Waals surface area contributed by atoms with Gasteiger partial charge in [0.2, 0.25) is 0 Å². The number of carboxylic acids is 1. The summed E-state index contributed by atoms with van der Waals surface area (Å²) in [7, 11) is 0. The lowest BCUT2D eigenvalue weighted by molar-refractivity contribution is 0.0696. The second-order valence-electron chi connectivity index (χ2n) is 4.77. The molecule has 4 nitrogen and oxygen atoms in total. The summed E-state index contributed by atoms with van der Waals surface area (Å²) < 4.78 is 0. The van der Waals surface area contributed by atoms with E-state index in [1.54, 1.807) is 12.1 Å². The molecule has 88 valence electrons. The Kier molecular flexibility index (Phi) is 3.52. The Labute approximate surface area is 95.7 Å². The van der Waals surface area contributed by atoms with E-state index in [-0.39, 0.29) is 11.1 Å². The van der Waals surface area contributed by atoms with E-state index in [0.717, 1.165) is 12.1 Å². The number of anilines is 1. The van der Waals surface area contributed by atoms with Crippen molar-refractivity contribution < 1.29 is 9.90 Å². The van der Waals surface area contributed by atoms with E-state index in [1.165, 1.54) is 0 Å². The van der Waals surface area contributed by atoms with Crippen LogP contribution in [-0.4, -0.2) is 21.6 Å². The van der Waals surface area contributed by atoms with Crippen molar-refractivity contribution in [3.63, 3.8) is 0 Å². The van der Waals surface area contributed by atoms with Crippen molar-refractivity contribution in [3.05, 3.63) is 23.4 Å². The van der Waals surface area contributed by atoms with Gasteiger partial charge in [-0.3, -0.25) is 0 Å². The Morgan fingerprint density at radius 1 is 1.44 bits per heavy atom. The van der Waals surface area contributed by atoms with Gasteiger partial charge in [-0.05, 0) is 39.3 Å². The normalized spacial score (nSPS) is 11.2. The summed E-state index contributed by atoms with van der Waals surface area (Å²) in [5.74, 6) is -0.307. The summed E-state index contributed by atoms with van der Waals surface area (Å²) in [5.41, 5.74) is 0.931. The van der Waals surface area contributed by atoms with Gasteiger partial charge in [-0.1, -0.05) is 6.92 Å². The molecule has 0 radical (unpaired) electrons. The van der Waals surface area contributed by atoms with Crippen LogP contribution in [0.2, 0.25) is 0 Å². The molecule has 4 heteroatoms. The van der Waals surface area contributed by atoms with Gasteiger partial charge in [0, 0.05) is 11.2 Å². The van der Waals surface area contributed by atoms with Crippen LogP contribution >= 0.6 is 0 Å². The number of hydrogen-bond acceptors (Lipinski definition) is 3. The number of pyridine rings is 1. The second-order valence-corrected chi connectivity index (χ2v) is 4.77. The van der Waals surface area contributed by atoms with Gasteiger partial charge in [-0.2, -0.15) is 0 Å². The van der Waals surface area contributed by atoms with E-state index in [2.05, 4.69) is 10.3 Å². The van der Waals surface area contributed by atoms with Crippen LogP contribution < -0.4 is 5.32 Å². The van der Waals surface area contributed by atoms with Crippen LogP contribution in [0.4, 0.5) is 5.82 Å². The molecule has 0 spiro atoms. The molecule has 0 aliphatic carbocycles. The minimum absolute atomic E-state index is 0.130. The van der Waals surface area contributed by atoms with Crippen molar-refractivity contribution in [2.45, 2.75) is 39.7 Å². The molecule has 1 heterocycles. The first-order valence-corrected chi connectivity index (χ1v) is 5.34. The largest absolute Gasteiger partial charge is 0.478 e.